The summed E-state index contributed by atoms with van der Waals surface area (Å²) in [4.78, 5) is 11.2. The molecule has 3 N–H and O–H groups in total. The topological polar surface area (TPSA) is 67.8 Å². The van der Waals surface area contributed by atoms with E-state index < -0.39 is 11.5 Å². The second kappa shape index (κ2) is 3.31. The number of quaternary nitrogens is 1. The lowest BCUT2D eigenvalue weighted by Gasteiger charge is -2.32. The number of carbonyl (C=O) groups is 1. The highest BCUT2D eigenvalue weighted by molar-refractivity contribution is 5.92. The minimum absolute atomic E-state index is 0.448. The van der Waals surface area contributed by atoms with E-state index in [1.807, 2.05) is 24.3 Å². The van der Waals surface area contributed by atoms with Crippen molar-refractivity contribution in [2.75, 3.05) is 0 Å². The predicted octanol–water partition coefficient (Wildman–Crippen LogP) is -0.331. The lowest BCUT2D eigenvalue weighted by atomic mass is 9.77. The predicted molar refractivity (Wildman–Crippen MR) is 62.0 cm³/mol. The van der Waals surface area contributed by atoms with Crippen LogP contribution in [-0.2, 0) is 17.6 Å². The van der Waals surface area contributed by atoms with Gasteiger partial charge in [-0.2, -0.15) is 0 Å². The van der Waals surface area contributed by atoms with E-state index in [0.717, 1.165) is 11.1 Å². The normalized spacial score (nSPS) is 17.0. The molecule has 2 aromatic carbocycles. The summed E-state index contributed by atoms with van der Waals surface area (Å²) >= 11 is 0. The molecule has 1 aliphatic rings. The van der Waals surface area contributed by atoms with Crippen molar-refractivity contribution < 1.29 is 15.6 Å². The van der Waals surface area contributed by atoms with E-state index in [1.54, 1.807) is 0 Å². The zero-order valence-electron chi connectivity index (χ0n) is 9.40. The van der Waals surface area contributed by atoms with Crippen LogP contribution in [-0.4, -0.2) is 11.5 Å². The van der Waals surface area contributed by atoms with Crippen LogP contribution in [0.25, 0.3) is 10.8 Å². The molecule has 3 heteroatoms. The summed E-state index contributed by atoms with van der Waals surface area (Å²) in [5.41, 5.74) is 4.94. The van der Waals surface area contributed by atoms with E-state index in [9.17, 15) is 9.90 Å². The van der Waals surface area contributed by atoms with Crippen LogP contribution in [0.5, 0.6) is 0 Å². The maximum absolute atomic E-state index is 11.2. The second-order valence-electron chi connectivity index (χ2n) is 4.85. The van der Waals surface area contributed by atoms with Crippen LogP contribution in [0.15, 0.2) is 36.4 Å². The Morgan fingerprint density at radius 1 is 1.12 bits per heavy atom. The second-order valence-corrected chi connectivity index (χ2v) is 4.85. The fourth-order valence-electron chi connectivity index (χ4n) is 2.73. The fraction of sp³-hybridized carbons (Fsp3) is 0.214. The molecular weight excluding hydrogens is 214 g/mol. The maximum atomic E-state index is 11.2. The van der Waals surface area contributed by atoms with Gasteiger partial charge in [-0.3, -0.25) is 0 Å². The van der Waals surface area contributed by atoms with E-state index >= 15 is 0 Å². The third kappa shape index (κ3) is 1.43. The lowest BCUT2D eigenvalue weighted by molar-refractivity contribution is -0.486. The van der Waals surface area contributed by atoms with Crippen LogP contribution in [0.4, 0.5) is 0 Å². The number of hydrogen-bond acceptors (Lipinski definition) is 2. The summed E-state index contributed by atoms with van der Waals surface area (Å²) in [6, 6.07) is 12.0. The van der Waals surface area contributed by atoms with E-state index in [1.165, 1.54) is 10.8 Å². The molecule has 17 heavy (non-hydrogen) atoms. The number of carbonyl (C=O) groups excluding carboxylic acids is 1. The Kier molecular flexibility index (Phi) is 2.00. The van der Waals surface area contributed by atoms with Gasteiger partial charge in [0.25, 0.3) is 0 Å². The number of hydrogen-bond donors (Lipinski definition) is 1. The van der Waals surface area contributed by atoms with Gasteiger partial charge >= 0.3 is 0 Å². The number of aliphatic carboxylic acids is 1. The monoisotopic (exact) mass is 227 g/mol. The van der Waals surface area contributed by atoms with E-state index in [2.05, 4.69) is 17.9 Å². The van der Waals surface area contributed by atoms with Crippen LogP contribution in [0.3, 0.4) is 0 Å². The van der Waals surface area contributed by atoms with Crippen molar-refractivity contribution in [1.29, 1.82) is 0 Å². The summed E-state index contributed by atoms with van der Waals surface area (Å²) in [6.45, 7) is 0. The van der Waals surface area contributed by atoms with Gasteiger partial charge in [0.1, 0.15) is 11.5 Å². The first kappa shape index (κ1) is 10.3. The highest BCUT2D eigenvalue weighted by Crippen LogP contribution is 2.32. The Hall–Kier alpha value is -1.87. The Labute approximate surface area is 98.9 Å². The number of carboxylic acid groups (broad SMARTS) is 1. The molecule has 0 amide bonds. The maximum Gasteiger partial charge on any atom is 0.143 e. The van der Waals surface area contributed by atoms with Crippen LogP contribution in [0.1, 0.15) is 11.1 Å². The zero-order valence-corrected chi connectivity index (χ0v) is 9.40. The van der Waals surface area contributed by atoms with Crippen molar-refractivity contribution in [2.24, 2.45) is 0 Å². The van der Waals surface area contributed by atoms with Crippen molar-refractivity contribution in [2.45, 2.75) is 18.4 Å². The highest BCUT2D eigenvalue weighted by Gasteiger charge is 2.36. The summed E-state index contributed by atoms with van der Waals surface area (Å²) in [5, 5.41) is 13.6. The molecule has 0 bridgehead atoms. The van der Waals surface area contributed by atoms with Gasteiger partial charge in [0.05, 0.1) is 0 Å². The van der Waals surface area contributed by atoms with Gasteiger partial charge in [-0.1, -0.05) is 36.4 Å². The molecule has 0 aromatic heterocycles. The molecule has 0 spiro atoms. The molecule has 0 aliphatic heterocycles. The standard InChI is InChI=1S/C14H13NO2/c15-14(13(16)17)7-10-5-1-3-9-4-2-6-11(8-14)12(9)10/h1-6H,7-8,15H2,(H,16,17). The molecule has 2 aromatic rings. The van der Waals surface area contributed by atoms with Crippen molar-refractivity contribution in [3.8, 4) is 0 Å². The Balaban J connectivity index is 2.27. The van der Waals surface area contributed by atoms with Crippen LogP contribution < -0.4 is 10.8 Å². The first-order valence-electron chi connectivity index (χ1n) is 5.66. The molecule has 1 aliphatic carbocycles. The minimum atomic E-state index is -1.07. The molecule has 0 saturated heterocycles. The first-order chi connectivity index (χ1) is 8.10. The Morgan fingerprint density at radius 3 is 2.12 bits per heavy atom. The van der Waals surface area contributed by atoms with Gasteiger partial charge in [0, 0.05) is 12.8 Å². The molecule has 0 radical (unpaired) electrons. The van der Waals surface area contributed by atoms with Gasteiger partial charge in [0.15, 0.2) is 0 Å². The smallest absolute Gasteiger partial charge is 0.143 e. The van der Waals surface area contributed by atoms with Gasteiger partial charge in [-0.25, -0.2) is 0 Å². The molecule has 0 unspecified atom stereocenters. The molecule has 0 saturated carbocycles. The number of benzene rings is 2. The highest BCUT2D eigenvalue weighted by atomic mass is 16.4. The van der Waals surface area contributed by atoms with Crippen molar-refractivity contribution in [3.63, 3.8) is 0 Å². The molecule has 3 nitrogen and oxygen atoms in total. The van der Waals surface area contributed by atoms with Gasteiger partial charge in [-0.05, 0) is 21.9 Å². The van der Waals surface area contributed by atoms with Crippen LogP contribution in [0.2, 0.25) is 0 Å². The van der Waals surface area contributed by atoms with Gasteiger partial charge < -0.3 is 15.6 Å². The zero-order chi connectivity index (χ0) is 12.0. The first-order valence-corrected chi connectivity index (χ1v) is 5.66. The molecule has 0 fully saturated rings. The molecule has 0 heterocycles. The van der Waals surface area contributed by atoms with E-state index in [0.29, 0.717) is 12.8 Å². The van der Waals surface area contributed by atoms with Gasteiger partial charge in [0.2, 0.25) is 0 Å². The summed E-state index contributed by atoms with van der Waals surface area (Å²) in [5.74, 6) is -1.07. The van der Waals surface area contributed by atoms with Crippen molar-refractivity contribution in [1.82, 2.24) is 0 Å². The molecule has 3 rings (SSSR count). The third-order valence-electron chi connectivity index (χ3n) is 3.57. The van der Waals surface area contributed by atoms with E-state index in [-0.39, 0.29) is 0 Å². The van der Waals surface area contributed by atoms with Crippen LogP contribution >= 0.6 is 0 Å². The quantitative estimate of drug-likeness (QED) is 0.724. The van der Waals surface area contributed by atoms with Gasteiger partial charge in [-0.15, -0.1) is 0 Å². The Bertz CT molecular complexity index is 578. The molecular formula is C14H13NO2. The largest absolute Gasteiger partial charge is 0.544 e. The van der Waals surface area contributed by atoms with Crippen LogP contribution in [0, 0.1) is 0 Å². The lowest BCUT2D eigenvalue weighted by Crippen LogP contribution is -2.82. The van der Waals surface area contributed by atoms with Crippen molar-refractivity contribution in [3.05, 3.63) is 47.5 Å². The molecule has 0 atom stereocenters. The van der Waals surface area contributed by atoms with E-state index in [4.69, 9.17) is 0 Å². The fourth-order valence-corrected chi connectivity index (χ4v) is 2.73. The summed E-state index contributed by atoms with van der Waals surface area (Å²) in [7, 11) is 0. The average molecular weight is 227 g/mol. The SMILES string of the molecule is [NH3+]C1(C(=O)[O-])Cc2cccc3cccc(c23)C1. The van der Waals surface area contributed by atoms with Crippen molar-refractivity contribution >= 4 is 16.7 Å². The Morgan fingerprint density at radius 2 is 1.65 bits per heavy atom. The number of rotatable bonds is 1. The average Bonchev–Trinajstić information content (AvgIpc) is 2.29. The molecule has 86 valence electrons. The summed E-state index contributed by atoms with van der Waals surface area (Å²) < 4.78 is 0. The summed E-state index contributed by atoms with van der Waals surface area (Å²) in [6.07, 6.45) is 0.896. The number of carboxylic acids is 1. The minimum Gasteiger partial charge on any atom is -0.544 e. The third-order valence-corrected chi connectivity index (χ3v) is 3.57.